The van der Waals surface area contributed by atoms with Gasteiger partial charge in [0.25, 0.3) is 0 Å². The molecule has 0 saturated carbocycles. The van der Waals surface area contributed by atoms with E-state index in [1.54, 1.807) is 0 Å². The summed E-state index contributed by atoms with van der Waals surface area (Å²) in [4.78, 5) is 32.3. The smallest absolute Gasteiger partial charge is 0.320 e. The second kappa shape index (κ2) is 14.9. The Balaban J connectivity index is 4.49. The molecule has 0 aliphatic rings. The molecule has 29 heavy (non-hydrogen) atoms. The lowest BCUT2D eigenvalue weighted by Crippen LogP contribution is -2.34. The number of aliphatic hydroxyl groups excluding tert-OH is 1. The fourth-order valence-corrected chi connectivity index (χ4v) is 2.49. The van der Waals surface area contributed by atoms with Crippen LogP contribution in [0, 0.1) is 0 Å². The van der Waals surface area contributed by atoms with Crippen molar-refractivity contribution in [1.82, 2.24) is 5.32 Å². The molecule has 0 spiro atoms. The Morgan fingerprint density at radius 2 is 1.34 bits per heavy atom. The van der Waals surface area contributed by atoms with Gasteiger partial charge in [-0.25, -0.2) is 0 Å². The molecule has 0 amide bonds. The predicted octanol–water partition coefficient (Wildman–Crippen LogP) is -1.17. The summed E-state index contributed by atoms with van der Waals surface area (Å²) in [6, 6.07) is -2.92. The predicted molar refractivity (Wildman–Crippen MR) is 106 cm³/mol. The van der Waals surface area contributed by atoms with Gasteiger partial charge in [0.05, 0.1) is 6.10 Å². The SMILES string of the molecule is NC(CCC/C=C(/CCC(N)C(=O)O)CNCC(O)CCC(N)C(=O)O)C(=O)O. The highest BCUT2D eigenvalue weighted by molar-refractivity contribution is 5.73. The number of rotatable bonds is 17. The molecule has 168 valence electrons. The Hall–Kier alpha value is -2.05. The van der Waals surface area contributed by atoms with Crippen LogP contribution in [0.4, 0.5) is 0 Å². The molecule has 0 saturated heterocycles. The summed E-state index contributed by atoms with van der Waals surface area (Å²) >= 11 is 0. The number of allylic oxidation sites excluding steroid dienone is 1. The molecule has 0 rings (SSSR count). The molecular weight excluding hydrogens is 384 g/mol. The van der Waals surface area contributed by atoms with E-state index in [1.165, 1.54) is 0 Å². The summed E-state index contributed by atoms with van der Waals surface area (Å²) in [7, 11) is 0. The quantitative estimate of drug-likeness (QED) is 0.104. The van der Waals surface area contributed by atoms with Gasteiger partial charge in [0, 0.05) is 13.1 Å². The first-order chi connectivity index (χ1) is 13.5. The van der Waals surface area contributed by atoms with Crippen LogP contribution in [0.3, 0.4) is 0 Å². The lowest BCUT2D eigenvalue weighted by atomic mass is 10.0. The summed E-state index contributed by atoms with van der Waals surface area (Å²) in [5.74, 6) is -3.26. The third kappa shape index (κ3) is 13.7. The average molecular weight is 418 g/mol. The molecule has 11 N–H and O–H groups in total. The zero-order chi connectivity index (χ0) is 22.4. The van der Waals surface area contributed by atoms with Gasteiger partial charge in [0.2, 0.25) is 0 Å². The number of nitrogens with two attached hydrogens (primary N) is 3. The van der Waals surface area contributed by atoms with E-state index >= 15 is 0 Å². The van der Waals surface area contributed by atoms with Gasteiger partial charge in [-0.15, -0.1) is 0 Å². The molecule has 0 radical (unpaired) electrons. The number of unbranched alkanes of at least 4 members (excludes halogenated alkanes) is 1. The van der Waals surface area contributed by atoms with Crippen molar-refractivity contribution in [2.75, 3.05) is 13.1 Å². The first-order valence-electron chi connectivity index (χ1n) is 9.56. The van der Waals surface area contributed by atoms with Crippen LogP contribution >= 0.6 is 0 Å². The van der Waals surface area contributed by atoms with Crippen molar-refractivity contribution < 1.29 is 34.8 Å². The van der Waals surface area contributed by atoms with E-state index in [2.05, 4.69) is 5.32 Å². The molecular formula is C18H34N4O7. The molecule has 4 atom stereocenters. The molecule has 0 aromatic carbocycles. The first kappa shape index (κ1) is 27.0. The van der Waals surface area contributed by atoms with Crippen molar-refractivity contribution in [3.05, 3.63) is 11.6 Å². The van der Waals surface area contributed by atoms with Crippen LogP contribution in [0.15, 0.2) is 11.6 Å². The fourth-order valence-electron chi connectivity index (χ4n) is 2.49. The Morgan fingerprint density at radius 3 is 1.90 bits per heavy atom. The van der Waals surface area contributed by atoms with Crippen LogP contribution in [0.5, 0.6) is 0 Å². The number of carbonyl (C=O) groups is 3. The van der Waals surface area contributed by atoms with Crippen LogP contribution in [0.1, 0.15) is 44.9 Å². The topological polar surface area (TPSA) is 222 Å². The van der Waals surface area contributed by atoms with Crippen molar-refractivity contribution in [2.45, 2.75) is 69.2 Å². The minimum Gasteiger partial charge on any atom is -0.480 e. The Kier molecular flexibility index (Phi) is 13.8. The monoisotopic (exact) mass is 418 g/mol. The van der Waals surface area contributed by atoms with Gasteiger partial charge in [0.15, 0.2) is 0 Å². The summed E-state index contributed by atoms with van der Waals surface area (Å²) in [5, 5.41) is 39.4. The van der Waals surface area contributed by atoms with E-state index < -0.39 is 42.1 Å². The number of aliphatic hydroxyl groups is 1. The standard InChI is InChI=1S/C18H34N4O7/c19-13(16(24)25)4-2-1-3-11(5-7-14(20)17(26)27)9-22-10-12(23)6-8-15(21)18(28)29/h3,12-15,22-23H,1-2,4-10,19-21H2,(H,24,25)(H,26,27)(H,28,29)/b11-3-. The number of carboxylic acid groups (broad SMARTS) is 3. The Bertz CT molecular complexity index is 556. The molecule has 0 fully saturated rings. The second-order valence-electron chi connectivity index (χ2n) is 7.03. The van der Waals surface area contributed by atoms with Crippen molar-refractivity contribution in [1.29, 1.82) is 0 Å². The number of hydrogen-bond donors (Lipinski definition) is 8. The van der Waals surface area contributed by atoms with Crippen molar-refractivity contribution in [2.24, 2.45) is 17.2 Å². The maximum Gasteiger partial charge on any atom is 0.320 e. The lowest BCUT2D eigenvalue weighted by Gasteiger charge is -2.15. The summed E-state index contributed by atoms with van der Waals surface area (Å²) in [5.41, 5.74) is 17.3. The highest BCUT2D eigenvalue weighted by Crippen LogP contribution is 2.11. The van der Waals surface area contributed by atoms with Gasteiger partial charge >= 0.3 is 17.9 Å². The molecule has 0 bridgehead atoms. The fraction of sp³-hybridized carbons (Fsp3) is 0.722. The number of nitrogens with one attached hydrogen (secondary N) is 1. The van der Waals surface area contributed by atoms with Crippen molar-refractivity contribution in [3.8, 4) is 0 Å². The van der Waals surface area contributed by atoms with E-state index in [4.69, 9.17) is 32.5 Å². The van der Waals surface area contributed by atoms with Gasteiger partial charge in [-0.3, -0.25) is 14.4 Å². The van der Waals surface area contributed by atoms with E-state index in [0.29, 0.717) is 32.2 Å². The summed E-state index contributed by atoms with van der Waals surface area (Å²) < 4.78 is 0. The third-order valence-corrected chi connectivity index (χ3v) is 4.42. The van der Waals surface area contributed by atoms with Gasteiger partial charge in [-0.05, 0) is 44.9 Å². The van der Waals surface area contributed by atoms with Crippen LogP contribution < -0.4 is 22.5 Å². The molecule has 4 unspecified atom stereocenters. The summed E-state index contributed by atoms with van der Waals surface area (Å²) in [6.45, 7) is 0.609. The van der Waals surface area contributed by atoms with E-state index in [0.717, 1.165) is 5.57 Å². The van der Waals surface area contributed by atoms with Crippen molar-refractivity contribution in [3.63, 3.8) is 0 Å². The van der Waals surface area contributed by atoms with Gasteiger partial charge in [-0.1, -0.05) is 11.6 Å². The Morgan fingerprint density at radius 1 is 0.828 bits per heavy atom. The van der Waals surface area contributed by atoms with Crippen molar-refractivity contribution >= 4 is 17.9 Å². The molecule has 11 heteroatoms. The number of aliphatic carboxylic acids is 3. The molecule has 11 nitrogen and oxygen atoms in total. The van der Waals surface area contributed by atoms with E-state index in [1.807, 2.05) is 6.08 Å². The van der Waals surface area contributed by atoms with Gasteiger partial charge in [0.1, 0.15) is 18.1 Å². The van der Waals surface area contributed by atoms with Crippen LogP contribution in [0.25, 0.3) is 0 Å². The van der Waals surface area contributed by atoms with E-state index in [9.17, 15) is 19.5 Å². The normalized spacial score (nSPS) is 16.1. The molecule has 0 aliphatic heterocycles. The minimum atomic E-state index is -1.12. The zero-order valence-corrected chi connectivity index (χ0v) is 16.5. The largest absolute Gasteiger partial charge is 0.480 e. The Labute approximate surface area is 169 Å². The average Bonchev–Trinajstić information content (AvgIpc) is 2.65. The lowest BCUT2D eigenvalue weighted by molar-refractivity contribution is -0.139. The van der Waals surface area contributed by atoms with Crippen LogP contribution in [-0.2, 0) is 14.4 Å². The number of carboxylic acids is 3. The minimum absolute atomic E-state index is 0.151. The highest BCUT2D eigenvalue weighted by atomic mass is 16.4. The van der Waals surface area contributed by atoms with E-state index in [-0.39, 0.29) is 25.8 Å². The van der Waals surface area contributed by atoms with Crippen LogP contribution in [-0.4, -0.2) is 75.7 Å². The maximum atomic E-state index is 10.9. The third-order valence-electron chi connectivity index (χ3n) is 4.42. The number of hydrogen-bond acceptors (Lipinski definition) is 8. The molecule has 0 aromatic heterocycles. The zero-order valence-electron chi connectivity index (χ0n) is 16.5. The van der Waals surface area contributed by atoms with Gasteiger partial charge in [-0.2, -0.15) is 0 Å². The highest BCUT2D eigenvalue weighted by Gasteiger charge is 2.15. The first-order valence-corrected chi connectivity index (χ1v) is 9.56. The van der Waals surface area contributed by atoms with Crippen LogP contribution in [0.2, 0.25) is 0 Å². The molecule has 0 aliphatic carbocycles. The second-order valence-corrected chi connectivity index (χ2v) is 7.03. The summed E-state index contributed by atoms with van der Waals surface area (Å²) in [6.07, 6.45) is 3.66. The maximum absolute atomic E-state index is 10.9. The van der Waals surface area contributed by atoms with Gasteiger partial charge < -0.3 is 42.9 Å². The molecule has 0 aromatic rings. The molecule has 0 heterocycles.